The van der Waals surface area contributed by atoms with Gasteiger partial charge in [-0.25, -0.2) is 8.78 Å². The average molecular weight is 345 g/mol. The van der Waals surface area contributed by atoms with Gasteiger partial charge in [-0.3, -0.25) is 4.79 Å². The Labute approximate surface area is 146 Å². The number of hydrogen-bond donors (Lipinski definition) is 1. The number of para-hydroxylation sites is 2. The molecule has 1 saturated heterocycles. The van der Waals surface area contributed by atoms with Crippen molar-refractivity contribution in [2.45, 2.75) is 6.92 Å². The van der Waals surface area contributed by atoms with Gasteiger partial charge in [0.15, 0.2) is 11.6 Å². The highest BCUT2D eigenvalue weighted by atomic mass is 19.2. The van der Waals surface area contributed by atoms with Crippen LogP contribution in [0.5, 0.6) is 0 Å². The normalized spacial score (nSPS) is 15.2. The Kier molecular flexibility index (Phi) is 5.28. The van der Waals surface area contributed by atoms with Crippen LogP contribution >= 0.6 is 0 Å². The van der Waals surface area contributed by atoms with E-state index in [0.29, 0.717) is 5.69 Å². The van der Waals surface area contributed by atoms with Crippen molar-refractivity contribution in [2.24, 2.45) is 0 Å². The predicted octanol–water partition coefficient (Wildman–Crippen LogP) is 3.36. The molecule has 4 nitrogen and oxygen atoms in total. The zero-order valence-electron chi connectivity index (χ0n) is 14.1. The van der Waals surface area contributed by atoms with Gasteiger partial charge in [-0.2, -0.15) is 0 Å². The lowest BCUT2D eigenvalue weighted by Crippen LogP contribution is -2.46. The number of likely N-dealkylation sites (N-methyl/N-ethyl adjacent to an activating group) is 1. The molecule has 1 heterocycles. The van der Waals surface area contributed by atoms with Crippen LogP contribution in [0.1, 0.15) is 17.3 Å². The summed E-state index contributed by atoms with van der Waals surface area (Å²) in [6.07, 6.45) is 0. The second-order valence-corrected chi connectivity index (χ2v) is 6.02. The number of nitrogens with one attached hydrogen (secondary N) is 1. The van der Waals surface area contributed by atoms with Crippen LogP contribution in [0.15, 0.2) is 42.5 Å². The summed E-state index contributed by atoms with van der Waals surface area (Å²) < 4.78 is 26.4. The molecule has 0 unspecified atom stereocenters. The summed E-state index contributed by atoms with van der Waals surface area (Å²) in [5.74, 6) is -2.46. The van der Waals surface area contributed by atoms with Crippen molar-refractivity contribution in [1.82, 2.24) is 4.90 Å². The standard InChI is InChI=1S/C19H21F2N3O/c1-2-23-9-11-24(12-10-23)18-6-4-3-5-17(18)22-19(25)14-7-8-15(20)16(21)13-14/h3-8,13H,2,9-12H2,1H3,(H,22,25). The number of anilines is 2. The first-order valence-corrected chi connectivity index (χ1v) is 8.41. The third-order valence-corrected chi connectivity index (χ3v) is 4.49. The topological polar surface area (TPSA) is 35.6 Å². The summed E-state index contributed by atoms with van der Waals surface area (Å²) in [7, 11) is 0. The lowest BCUT2D eigenvalue weighted by atomic mass is 10.1. The molecule has 1 fully saturated rings. The van der Waals surface area contributed by atoms with Crippen molar-refractivity contribution >= 4 is 17.3 Å². The van der Waals surface area contributed by atoms with Crippen LogP contribution in [0.3, 0.4) is 0 Å². The van der Waals surface area contributed by atoms with Gasteiger partial charge in [0.1, 0.15) is 0 Å². The number of benzene rings is 2. The second kappa shape index (κ2) is 7.61. The molecule has 0 saturated carbocycles. The number of amides is 1. The van der Waals surface area contributed by atoms with Gasteiger partial charge < -0.3 is 15.1 Å². The SMILES string of the molecule is CCN1CCN(c2ccccc2NC(=O)c2ccc(F)c(F)c2)CC1. The maximum atomic E-state index is 13.4. The van der Waals surface area contributed by atoms with Crippen molar-refractivity contribution in [2.75, 3.05) is 42.9 Å². The fourth-order valence-electron chi connectivity index (χ4n) is 2.99. The first kappa shape index (κ1) is 17.4. The average Bonchev–Trinajstić information content (AvgIpc) is 2.64. The van der Waals surface area contributed by atoms with Crippen LogP contribution in [-0.2, 0) is 0 Å². The van der Waals surface area contributed by atoms with Gasteiger partial charge in [0, 0.05) is 31.7 Å². The van der Waals surface area contributed by atoms with E-state index in [1.54, 1.807) is 0 Å². The number of piperazine rings is 1. The Morgan fingerprint density at radius 3 is 2.44 bits per heavy atom. The molecule has 1 aliphatic heterocycles. The van der Waals surface area contributed by atoms with Gasteiger partial charge in [-0.1, -0.05) is 19.1 Å². The third-order valence-electron chi connectivity index (χ3n) is 4.49. The summed E-state index contributed by atoms with van der Waals surface area (Å²) >= 11 is 0. The zero-order chi connectivity index (χ0) is 17.8. The Balaban J connectivity index is 1.77. The van der Waals surface area contributed by atoms with E-state index in [1.165, 1.54) is 6.07 Å². The van der Waals surface area contributed by atoms with E-state index in [1.807, 2.05) is 24.3 Å². The van der Waals surface area contributed by atoms with E-state index in [2.05, 4.69) is 22.0 Å². The fraction of sp³-hybridized carbons (Fsp3) is 0.316. The van der Waals surface area contributed by atoms with E-state index < -0.39 is 17.5 Å². The van der Waals surface area contributed by atoms with Gasteiger partial charge in [0.05, 0.1) is 11.4 Å². The lowest BCUT2D eigenvalue weighted by molar-refractivity contribution is 0.102. The van der Waals surface area contributed by atoms with E-state index in [4.69, 9.17) is 0 Å². The van der Waals surface area contributed by atoms with Gasteiger partial charge in [0.25, 0.3) is 5.91 Å². The molecule has 0 radical (unpaired) electrons. The largest absolute Gasteiger partial charge is 0.367 e. The van der Waals surface area contributed by atoms with Crippen molar-refractivity contribution in [1.29, 1.82) is 0 Å². The van der Waals surface area contributed by atoms with Crippen LogP contribution in [0, 0.1) is 11.6 Å². The first-order valence-electron chi connectivity index (χ1n) is 8.41. The van der Waals surface area contributed by atoms with Crippen molar-refractivity contribution in [3.63, 3.8) is 0 Å². The summed E-state index contributed by atoms with van der Waals surface area (Å²) in [6, 6.07) is 10.7. The van der Waals surface area contributed by atoms with Crippen LogP contribution < -0.4 is 10.2 Å². The smallest absolute Gasteiger partial charge is 0.255 e. The Bertz CT molecular complexity index is 758. The summed E-state index contributed by atoms with van der Waals surface area (Å²) in [5, 5.41) is 2.81. The zero-order valence-corrected chi connectivity index (χ0v) is 14.1. The maximum absolute atomic E-state index is 13.4. The maximum Gasteiger partial charge on any atom is 0.255 e. The van der Waals surface area contributed by atoms with Crippen LogP contribution in [0.2, 0.25) is 0 Å². The monoisotopic (exact) mass is 345 g/mol. The molecule has 1 N–H and O–H groups in total. The minimum Gasteiger partial charge on any atom is -0.367 e. The molecule has 6 heteroatoms. The fourth-order valence-corrected chi connectivity index (χ4v) is 2.99. The molecule has 3 rings (SSSR count). The summed E-state index contributed by atoms with van der Waals surface area (Å²) in [5.41, 5.74) is 1.70. The number of nitrogens with zero attached hydrogens (tertiary/aromatic N) is 2. The molecule has 0 bridgehead atoms. The molecule has 0 aliphatic carbocycles. The molecule has 0 atom stereocenters. The molecular weight excluding hydrogens is 324 g/mol. The molecule has 2 aromatic rings. The van der Waals surface area contributed by atoms with Gasteiger partial charge >= 0.3 is 0 Å². The highest BCUT2D eigenvalue weighted by molar-refractivity contribution is 6.05. The van der Waals surface area contributed by atoms with E-state index >= 15 is 0 Å². The number of carbonyl (C=O) groups is 1. The van der Waals surface area contributed by atoms with Crippen LogP contribution in [0.4, 0.5) is 20.2 Å². The van der Waals surface area contributed by atoms with Crippen LogP contribution in [-0.4, -0.2) is 43.5 Å². The number of rotatable bonds is 4. The Morgan fingerprint density at radius 1 is 1.04 bits per heavy atom. The molecule has 0 spiro atoms. The minimum atomic E-state index is -1.03. The van der Waals surface area contributed by atoms with Crippen molar-refractivity contribution in [3.05, 3.63) is 59.7 Å². The number of halogens is 2. The van der Waals surface area contributed by atoms with E-state index in [-0.39, 0.29) is 5.56 Å². The van der Waals surface area contributed by atoms with E-state index in [0.717, 1.165) is 50.5 Å². The second-order valence-electron chi connectivity index (χ2n) is 6.02. The molecule has 1 aliphatic rings. The van der Waals surface area contributed by atoms with Gasteiger partial charge in [0.2, 0.25) is 0 Å². The van der Waals surface area contributed by atoms with Crippen molar-refractivity contribution in [3.8, 4) is 0 Å². The van der Waals surface area contributed by atoms with Crippen LogP contribution in [0.25, 0.3) is 0 Å². The Morgan fingerprint density at radius 2 is 1.76 bits per heavy atom. The number of hydrogen-bond acceptors (Lipinski definition) is 3. The quantitative estimate of drug-likeness (QED) is 0.923. The Hall–Kier alpha value is -2.47. The van der Waals surface area contributed by atoms with Gasteiger partial charge in [-0.15, -0.1) is 0 Å². The molecule has 132 valence electrons. The van der Waals surface area contributed by atoms with Gasteiger partial charge in [-0.05, 0) is 36.9 Å². The summed E-state index contributed by atoms with van der Waals surface area (Å²) in [4.78, 5) is 17.0. The van der Waals surface area contributed by atoms with E-state index in [9.17, 15) is 13.6 Å². The molecule has 1 amide bonds. The molecule has 25 heavy (non-hydrogen) atoms. The summed E-state index contributed by atoms with van der Waals surface area (Å²) in [6.45, 7) is 6.88. The van der Waals surface area contributed by atoms with Crippen molar-refractivity contribution < 1.29 is 13.6 Å². The molecule has 0 aromatic heterocycles. The highest BCUT2D eigenvalue weighted by Gasteiger charge is 2.19. The minimum absolute atomic E-state index is 0.0875. The highest BCUT2D eigenvalue weighted by Crippen LogP contribution is 2.27. The molecular formula is C19H21F2N3O. The first-order chi connectivity index (χ1) is 12.1. The predicted molar refractivity (Wildman–Crippen MR) is 95.1 cm³/mol. The lowest BCUT2D eigenvalue weighted by Gasteiger charge is -2.36. The number of carbonyl (C=O) groups excluding carboxylic acids is 1. The third kappa shape index (κ3) is 3.96. The molecule has 2 aromatic carbocycles.